The van der Waals surface area contributed by atoms with E-state index < -0.39 is 12.1 Å². The predicted octanol–water partition coefficient (Wildman–Crippen LogP) is 1.15. The van der Waals surface area contributed by atoms with Gasteiger partial charge in [-0.2, -0.15) is 0 Å². The monoisotopic (exact) mass is 371 g/mol. The van der Waals surface area contributed by atoms with Crippen LogP contribution >= 0.6 is 15.9 Å². The first-order valence-electron chi connectivity index (χ1n) is 6.79. The summed E-state index contributed by atoms with van der Waals surface area (Å²) >= 11 is 3.37. The Morgan fingerprint density at radius 2 is 2.00 bits per heavy atom. The summed E-state index contributed by atoms with van der Waals surface area (Å²) in [5.74, 6) is -0.242. The maximum Gasteiger partial charge on any atom is 0.334 e. The third kappa shape index (κ3) is 2.89. The van der Waals surface area contributed by atoms with E-state index >= 15 is 0 Å². The number of aliphatic carboxylic acids is 1. The van der Waals surface area contributed by atoms with Crippen LogP contribution in [0.25, 0.3) is 0 Å². The average Bonchev–Trinajstić information content (AvgIpc) is 2.54. The van der Waals surface area contributed by atoms with Crippen molar-refractivity contribution in [1.82, 2.24) is 4.90 Å². The van der Waals surface area contributed by atoms with Gasteiger partial charge in [-0.1, -0.05) is 0 Å². The molecule has 0 aliphatic carbocycles. The van der Waals surface area contributed by atoms with E-state index in [1.54, 1.807) is 12.1 Å². The van der Waals surface area contributed by atoms with Gasteiger partial charge >= 0.3 is 5.97 Å². The van der Waals surface area contributed by atoms with Crippen LogP contribution in [-0.4, -0.2) is 60.9 Å². The average molecular weight is 372 g/mol. The molecule has 3 rings (SSSR count). The Hall–Kier alpha value is -1.80. The molecule has 1 saturated heterocycles. The number of hydrogen-bond acceptors (Lipinski definition) is 5. The van der Waals surface area contributed by atoms with Crippen molar-refractivity contribution < 1.29 is 28.9 Å². The van der Waals surface area contributed by atoms with E-state index in [-0.39, 0.29) is 19.1 Å². The molecule has 8 heteroatoms. The Bertz CT molecular complexity index is 620. The summed E-state index contributed by atoms with van der Waals surface area (Å²) in [5.41, 5.74) is 0.419. The molecule has 0 saturated carbocycles. The SMILES string of the molecule is O=C(O)[C@H]1CN(C(=O)c2cc(Br)c3c(c2)OCCO3)CCO1. The van der Waals surface area contributed by atoms with E-state index in [0.717, 1.165) is 0 Å². The maximum absolute atomic E-state index is 12.6. The van der Waals surface area contributed by atoms with Gasteiger partial charge in [-0.05, 0) is 28.1 Å². The first-order valence-corrected chi connectivity index (χ1v) is 7.58. The molecule has 1 aromatic rings. The van der Waals surface area contributed by atoms with Crippen LogP contribution in [0.15, 0.2) is 16.6 Å². The van der Waals surface area contributed by atoms with E-state index in [2.05, 4.69) is 15.9 Å². The van der Waals surface area contributed by atoms with Crippen molar-refractivity contribution in [2.24, 2.45) is 0 Å². The van der Waals surface area contributed by atoms with Gasteiger partial charge in [-0.15, -0.1) is 0 Å². The first kappa shape index (κ1) is 15.1. The summed E-state index contributed by atoms with van der Waals surface area (Å²) in [5, 5.41) is 9.00. The third-order valence-electron chi connectivity index (χ3n) is 3.47. The Labute approximate surface area is 134 Å². The predicted molar refractivity (Wildman–Crippen MR) is 78.4 cm³/mol. The molecule has 0 unspecified atom stereocenters. The number of carboxylic acid groups (broad SMARTS) is 1. The van der Waals surface area contributed by atoms with Gasteiger partial charge in [0.25, 0.3) is 5.91 Å². The number of fused-ring (bicyclic) bond motifs is 1. The molecule has 1 fully saturated rings. The Morgan fingerprint density at radius 3 is 2.77 bits per heavy atom. The molecule has 0 spiro atoms. The van der Waals surface area contributed by atoms with Gasteiger partial charge in [-0.3, -0.25) is 4.79 Å². The van der Waals surface area contributed by atoms with Crippen LogP contribution in [0.5, 0.6) is 11.5 Å². The number of benzene rings is 1. The zero-order valence-corrected chi connectivity index (χ0v) is 13.2. The number of carbonyl (C=O) groups excluding carboxylic acids is 1. The molecular formula is C14H14BrNO6. The minimum atomic E-state index is -1.07. The van der Waals surface area contributed by atoms with Crippen LogP contribution in [0.1, 0.15) is 10.4 Å². The third-order valence-corrected chi connectivity index (χ3v) is 4.06. The summed E-state index contributed by atoms with van der Waals surface area (Å²) in [4.78, 5) is 25.0. The minimum absolute atomic E-state index is 0.0280. The second-order valence-corrected chi connectivity index (χ2v) is 5.79. The van der Waals surface area contributed by atoms with Crippen LogP contribution in [0.3, 0.4) is 0 Å². The highest BCUT2D eigenvalue weighted by atomic mass is 79.9. The number of carbonyl (C=O) groups is 2. The molecule has 2 aliphatic rings. The number of amides is 1. The van der Waals surface area contributed by atoms with Crippen molar-refractivity contribution >= 4 is 27.8 Å². The molecule has 2 heterocycles. The molecule has 0 aromatic heterocycles. The van der Waals surface area contributed by atoms with E-state index in [0.29, 0.717) is 41.3 Å². The van der Waals surface area contributed by atoms with Gasteiger partial charge in [0.2, 0.25) is 0 Å². The molecule has 2 aliphatic heterocycles. The summed E-state index contributed by atoms with van der Waals surface area (Å²) < 4.78 is 16.7. The fourth-order valence-corrected chi connectivity index (χ4v) is 2.96. The van der Waals surface area contributed by atoms with Crippen LogP contribution in [0.2, 0.25) is 0 Å². The van der Waals surface area contributed by atoms with Crippen molar-refractivity contribution in [3.8, 4) is 11.5 Å². The Balaban J connectivity index is 1.83. The van der Waals surface area contributed by atoms with Crippen LogP contribution < -0.4 is 9.47 Å². The Morgan fingerprint density at radius 1 is 1.23 bits per heavy atom. The number of ether oxygens (including phenoxy) is 3. The Kier molecular flexibility index (Phi) is 4.21. The van der Waals surface area contributed by atoms with Gasteiger partial charge in [0, 0.05) is 12.1 Å². The van der Waals surface area contributed by atoms with Crippen molar-refractivity contribution in [1.29, 1.82) is 0 Å². The van der Waals surface area contributed by atoms with Gasteiger partial charge in [0.1, 0.15) is 13.2 Å². The van der Waals surface area contributed by atoms with Gasteiger partial charge in [-0.25, -0.2) is 4.79 Å². The van der Waals surface area contributed by atoms with Crippen LogP contribution in [-0.2, 0) is 9.53 Å². The van der Waals surface area contributed by atoms with Crippen LogP contribution in [0.4, 0.5) is 0 Å². The highest BCUT2D eigenvalue weighted by Gasteiger charge is 2.30. The molecule has 7 nitrogen and oxygen atoms in total. The molecule has 1 atom stereocenters. The number of hydrogen-bond donors (Lipinski definition) is 1. The lowest BCUT2D eigenvalue weighted by molar-refractivity contribution is -0.154. The smallest absolute Gasteiger partial charge is 0.334 e. The normalized spacial score (nSPS) is 20.6. The molecule has 1 amide bonds. The topological polar surface area (TPSA) is 85.3 Å². The lowest BCUT2D eigenvalue weighted by atomic mass is 10.1. The highest BCUT2D eigenvalue weighted by molar-refractivity contribution is 9.10. The first-order chi connectivity index (χ1) is 10.6. The quantitative estimate of drug-likeness (QED) is 0.838. The summed E-state index contributed by atoms with van der Waals surface area (Å²) in [6.45, 7) is 1.47. The van der Waals surface area contributed by atoms with E-state index in [9.17, 15) is 9.59 Å². The number of rotatable bonds is 2. The second kappa shape index (κ2) is 6.13. The number of carboxylic acids is 1. The van der Waals surface area contributed by atoms with Crippen molar-refractivity contribution in [3.63, 3.8) is 0 Å². The van der Waals surface area contributed by atoms with E-state index in [1.165, 1.54) is 4.90 Å². The van der Waals surface area contributed by atoms with Gasteiger partial charge in [0.05, 0.1) is 17.6 Å². The lowest BCUT2D eigenvalue weighted by Crippen LogP contribution is -2.48. The fraction of sp³-hybridized carbons (Fsp3) is 0.429. The maximum atomic E-state index is 12.6. The molecule has 22 heavy (non-hydrogen) atoms. The zero-order valence-electron chi connectivity index (χ0n) is 11.6. The molecule has 0 bridgehead atoms. The lowest BCUT2D eigenvalue weighted by Gasteiger charge is -2.31. The van der Waals surface area contributed by atoms with Crippen molar-refractivity contribution in [2.45, 2.75) is 6.10 Å². The molecule has 0 radical (unpaired) electrons. The summed E-state index contributed by atoms with van der Waals surface area (Å²) in [6.07, 6.45) is -0.988. The molecular weight excluding hydrogens is 358 g/mol. The minimum Gasteiger partial charge on any atom is -0.486 e. The summed E-state index contributed by atoms with van der Waals surface area (Å²) in [6, 6.07) is 3.27. The van der Waals surface area contributed by atoms with Crippen molar-refractivity contribution in [3.05, 3.63) is 22.2 Å². The second-order valence-electron chi connectivity index (χ2n) is 4.93. The molecule has 1 N–H and O–H groups in total. The zero-order chi connectivity index (χ0) is 15.7. The highest BCUT2D eigenvalue weighted by Crippen LogP contribution is 2.38. The fourth-order valence-electron chi connectivity index (χ4n) is 2.40. The molecule has 1 aromatic carbocycles. The number of morpholine rings is 1. The van der Waals surface area contributed by atoms with E-state index in [1.807, 2.05) is 0 Å². The van der Waals surface area contributed by atoms with E-state index in [4.69, 9.17) is 19.3 Å². The standard InChI is InChI=1S/C14H14BrNO6/c15-9-5-8(6-10-12(9)22-4-3-21-10)13(17)16-1-2-20-11(7-16)14(18)19/h5-6,11H,1-4,7H2,(H,18,19)/t11-/m1/s1. The van der Waals surface area contributed by atoms with Crippen molar-refractivity contribution in [2.75, 3.05) is 32.9 Å². The van der Waals surface area contributed by atoms with Gasteiger partial charge < -0.3 is 24.2 Å². The largest absolute Gasteiger partial charge is 0.486 e. The van der Waals surface area contributed by atoms with Crippen LogP contribution in [0, 0.1) is 0 Å². The number of halogens is 1. The van der Waals surface area contributed by atoms with Gasteiger partial charge in [0.15, 0.2) is 17.6 Å². The summed E-state index contributed by atoms with van der Waals surface area (Å²) in [7, 11) is 0. The number of nitrogens with zero attached hydrogens (tertiary/aromatic N) is 1. The molecule has 118 valence electrons.